The summed E-state index contributed by atoms with van der Waals surface area (Å²) < 4.78 is 44.3. The van der Waals surface area contributed by atoms with Gasteiger partial charge in [0.15, 0.2) is 0 Å². The smallest absolute Gasteiger partial charge is 0.280 e. The van der Waals surface area contributed by atoms with E-state index in [0.29, 0.717) is 0 Å². The van der Waals surface area contributed by atoms with Gasteiger partial charge in [0.1, 0.15) is 11.9 Å². The van der Waals surface area contributed by atoms with E-state index in [1.807, 2.05) is 26.2 Å². The number of aromatic nitrogens is 2. The maximum absolute atomic E-state index is 13.4. The minimum atomic E-state index is -3.90. The third kappa shape index (κ3) is 4.44. The molecule has 0 aliphatic carbocycles. The lowest BCUT2D eigenvalue weighted by molar-refractivity contribution is -0.120. The molecular formula is C20H21ClFN5O3S2. The Morgan fingerprint density at radius 1 is 1.34 bits per heavy atom. The molecule has 1 aliphatic heterocycles. The highest BCUT2D eigenvalue weighted by Crippen LogP contribution is 2.38. The normalized spacial score (nSPS) is 20.9. The van der Waals surface area contributed by atoms with Crippen LogP contribution in [0, 0.1) is 12.7 Å². The number of anilines is 1. The maximum atomic E-state index is 13.4. The first-order valence-electron chi connectivity index (χ1n) is 9.65. The number of amides is 1. The van der Waals surface area contributed by atoms with E-state index in [-0.39, 0.29) is 17.1 Å². The molecule has 1 fully saturated rings. The second-order valence-corrected chi connectivity index (χ2v) is 11.0. The lowest BCUT2D eigenvalue weighted by Gasteiger charge is -2.35. The van der Waals surface area contributed by atoms with Gasteiger partial charge in [-0.3, -0.25) is 9.48 Å². The zero-order valence-electron chi connectivity index (χ0n) is 17.5. The number of carbonyl (C=O) groups is 1. The van der Waals surface area contributed by atoms with Crippen LogP contribution in [0.1, 0.15) is 22.2 Å². The lowest BCUT2D eigenvalue weighted by atomic mass is 10.0. The summed E-state index contributed by atoms with van der Waals surface area (Å²) in [4.78, 5) is 14.8. The Morgan fingerprint density at radius 3 is 2.75 bits per heavy atom. The molecule has 2 N–H and O–H groups in total. The second-order valence-electron chi connectivity index (χ2n) is 7.58. The van der Waals surface area contributed by atoms with Crippen LogP contribution in [0.2, 0.25) is 5.02 Å². The van der Waals surface area contributed by atoms with E-state index in [1.54, 1.807) is 10.9 Å². The maximum Gasteiger partial charge on any atom is 0.280 e. The predicted octanol–water partition coefficient (Wildman–Crippen LogP) is 3.47. The third-order valence-electron chi connectivity index (χ3n) is 5.35. The molecule has 2 atom stereocenters. The molecule has 0 spiro atoms. The number of benzene rings is 1. The van der Waals surface area contributed by atoms with Gasteiger partial charge in [-0.05, 0) is 43.2 Å². The number of rotatable bonds is 4. The van der Waals surface area contributed by atoms with Gasteiger partial charge >= 0.3 is 0 Å². The first kappa shape index (κ1) is 22.9. The SMILES string of the molecule is Cc1sc([C@@H]2C[C@H](C(=O)Nc3ccc(F)c(Cl)c3)N(C)S(=O)(=O)N2)cc1-c1cnn(C)c1. The minimum absolute atomic E-state index is 0.135. The first-order chi connectivity index (χ1) is 15.0. The number of hydrogen-bond acceptors (Lipinski definition) is 5. The number of aryl methyl sites for hydroxylation is 2. The van der Waals surface area contributed by atoms with Crippen molar-refractivity contribution in [3.05, 3.63) is 57.3 Å². The van der Waals surface area contributed by atoms with E-state index in [9.17, 15) is 17.6 Å². The molecule has 0 unspecified atom stereocenters. The van der Waals surface area contributed by atoms with Gasteiger partial charge in [0.2, 0.25) is 5.91 Å². The largest absolute Gasteiger partial charge is 0.325 e. The molecule has 8 nitrogen and oxygen atoms in total. The Balaban J connectivity index is 1.60. The average Bonchev–Trinajstić information content (AvgIpc) is 3.32. The molecular weight excluding hydrogens is 477 g/mol. The summed E-state index contributed by atoms with van der Waals surface area (Å²) in [6.07, 6.45) is 3.87. The third-order valence-corrected chi connectivity index (χ3v) is 8.40. The van der Waals surface area contributed by atoms with Crippen molar-refractivity contribution >= 4 is 44.7 Å². The summed E-state index contributed by atoms with van der Waals surface area (Å²) in [6, 6.07) is 4.19. The summed E-state index contributed by atoms with van der Waals surface area (Å²) in [5.74, 6) is -1.13. The van der Waals surface area contributed by atoms with Gasteiger partial charge in [0.25, 0.3) is 10.2 Å². The molecule has 1 aromatic carbocycles. The molecule has 1 aliphatic rings. The average molecular weight is 498 g/mol. The van der Waals surface area contributed by atoms with Crippen molar-refractivity contribution in [1.82, 2.24) is 18.8 Å². The topological polar surface area (TPSA) is 96.3 Å². The van der Waals surface area contributed by atoms with Gasteiger partial charge < -0.3 is 5.32 Å². The zero-order valence-corrected chi connectivity index (χ0v) is 19.9. The summed E-state index contributed by atoms with van der Waals surface area (Å²) in [5, 5.41) is 6.69. The Kier molecular flexibility index (Phi) is 6.12. The molecule has 32 heavy (non-hydrogen) atoms. The van der Waals surface area contributed by atoms with Crippen molar-refractivity contribution in [3.63, 3.8) is 0 Å². The molecule has 12 heteroatoms. The van der Waals surface area contributed by atoms with Crippen LogP contribution in [0.3, 0.4) is 0 Å². The number of likely N-dealkylation sites (N-methyl/N-ethyl adjacent to an activating group) is 1. The van der Waals surface area contributed by atoms with Gasteiger partial charge in [0.05, 0.1) is 17.3 Å². The Hall–Kier alpha value is -2.31. The van der Waals surface area contributed by atoms with Crippen molar-refractivity contribution in [3.8, 4) is 11.1 Å². The molecule has 3 heterocycles. The molecule has 3 aromatic rings. The highest BCUT2D eigenvalue weighted by atomic mass is 35.5. The molecule has 0 bridgehead atoms. The summed E-state index contributed by atoms with van der Waals surface area (Å²) in [5.41, 5.74) is 2.19. The van der Waals surface area contributed by atoms with Gasteiger partial charge in [-0.25, -0.2) is 4.39 Å². The molecule has 0 saturated carbocycles. The van der Waals surface area contributed by atoms with E-state index in [1.165, 1.54) is 30.5 Å². The van der Waals surface area contributed by atoms with Crippen molar-refractivity contribution in [1.29, 1.82) is 0 Å². The number of nitrogens with one attached hydrogen (secondary N) is 2. The van der Waals surface area contributed by atoms with E-state index < -0.39 is 34.0 Å². The summed E-state index contributed by atoms with van der Waals surface area (Å²) in [7, 11) is -0.721. The highest BCUT2D eigenvalue weighted by Gasteiger charge is 2.41. The van der Waals surface area contributed by atoms with Crippen LogP contribution in [0.15, 0.2) is 36.7 Å². The van der Waals surface area contributed by atoms with E-state index in [2.05, 4.69) is 15.1 Å². The van der Waals surface area contributed by atoms with Gasteiger partial charge in [-0.1, -0.05) is 11.6 Å². The molecule has 4 rings (SSSR count). The Morgan fingerprint density at radius 2 is 2.09 bits per heavy atom. The van der Waals surface area contributed by atoms with Crippen LogP contribution >= 0.6 is 22.9 Å². The van der Waals surface area contributed by atoms with Crippen LogP contribution in [0.4, 0.5) is 10.1 Å². The number of halogens is 2. The molecule has 0 radical (unpaired) electrons. The van der Waals surface area contributed by atoms with Gasteiger partial charge in [0, 0.05) is 41.3 Å². The van der Waals surface area contributed by atoms with Crippen LogP contribution in [0.5, 0.6) is 0 Å². The highest BCUT2D eigenvalue weighted by molar-refractivity contribution is 7.87. The van der Waals surface area contributed by atoms with Crippen LogP contribution in [-0.2, 0) is 22.1 Å². The molecule has 2 aromatic heterocycles. The quantitative estimate of drug-likeness (QED) is 0.577. The summed E-state index contributed by atoms with van der Waals surface area (Å²) in [6.45, 7) is 1.96. The first-order valence-corrected chi connectivity index (χ1v) is 12.3. The standard InChI is InChI=1S/C20H21ClFN5O3S2/c1-11-14(12-9-23-26(2)10-12)7-19(31-11)17-8-18(27(3)32(29,30)25-17)20(28)24-13-4-5-16(22)15(21)6-13/h4-7,9-10,17-18,25H,8H2,1-3H3,(H,24,28)/t17-,18+/m0/s1. The van der Waals surface area contributed by atoms with Crippen LogP contribution in [-0.4, -0.2) is 41.5 Å². The van der Waals surface area contributed by atoms with E-state index in [0.717, 1.165) is 31.3 Å². The second kappa shape index (κ2) is 8.56. The number of hydrogen-bond donors (Lipinski definition) is 2. The van der Waals surface area contributed by atoms with Crippen molar-refractivity contribution in [2.45, 2.75) is 25.4 Å². The molecule has 1 amide bonds. The minimum Gasteiger partial charge on any atom is -0.325 e. The van der Waals surface area contributed by atoms with Gasteiger partial charge in [-0.15, -0.1) is 11.3 Å². The number of nitrogens with zero attached hydrogens (tertiary/aromatic N) is 3. The monoisotopic (exact) mass is 497 g/mol. The predicted molar refractivity (Wildman–Crippen MR) is 122 cm³/mol. The van der Waals surface area contributed by atoms with Crippen LogP contribution < -0.4 is 10.0 Å². The lowest BCUT2D eigenvalue weighted by Crippen LogP contribution is -2.55. The van der Waals surface area contributed by atoms with Crippen molar-refractivity contribution < 1.29 is 17.6 Å². The number of thiophene rings is 1. The zero-order chi connectivity index (χ0) is 23.2. The Labute approximate surface area is 194 Å². The number of carbonyl (C=O) groups excluding carboxylic acids is 1. The molecule has 170 valence electrons. The van der Waals surface area contributed by atoms with E-state index in [4.69, 9.17) is 11.6 Å². The Bertz CT molecular complexity index is 1290. The van der Waals surface area contributed by atoms with Crippen LogP contribution in [0.25, 0.3) is 11.1 Å². The van der Waals surface area contributed by atoms with Gasteiger partial charge in [-0.2, -0.15) is 22.5 Å². The fourth-order valence-corrected chi connectivity index (χ4v) is 6.26. The fourth-order valence-electron chi connectivity index (χ4n) is 3.62. The van der Waals surface area contributed by atoms with Crippen molar-refractivity contribution in [2.24, 2.45) is 7.05 Å². The summed E-state index contributed by atoms with van der Waals surface area (Å²) >= 11 is 7.26. The fraction of sp³-hybridized carbons (Fsp3) is 0.300. The molecule has 1 saturated heterocycles. The van der Waals surface area contributed by atoms with E-state index >= 15 is 0 Å². The van der Waals surface area contributed by atoms with Crippen molar-refractivity contribution in [2.75, 3.05) is 12.4 Å².